The first kappa shape index (κ1) is 16.4. The van der Waals surface area contributed by atoms with E-state index in [1.54, 1.807) is 31.6 Å². The highest BCUT2D eigenvalue weighted by Gasteiger charge is 1.99. The molecule has 0 aromatic carbocycles. The number of rotatable bonds is 4. The van der Waals surface area contributed by atoms with Crippen LogP contribution in [0.2, 0.25) is 0 Å². The zero-order valence-electron chi connectivity index (χ0n) is 11.4. The van der Waals surface area contributed by atoms with Crippen LogP contribution in [-0.2, 0) is 11.9 Å². The minimum absolute atomic E-state index is 0.0307. The first-order valence-electron chi connectivity index (χ1n) is 5.89. The van der Waals surface area contributed by atoms with Gasteiger partial charge in [-0.2, -0.15) is 0 Å². The smallest absolute Gasteiger partial charge is 0.218 e. The third-order valence-corrected chi connectivity index (χ3v) is 3.01. The van der Waals surface area contributed by atoms with Gasteiger partial charge in [-0.1, -0.05) is 22.0 Å². The quantitative estimate of drug-likeness (QED) is 0.866. The molecule has 0 saturated carbocycles. The van der Waals surface area contributed by atoms with Gasteiger partial charge in [0.15, 0.2) is 0 Å². The first-order chi connectivity index (χ1) is 9.76. The van der Waals surface area contributed by atoms with E-state index in [4.69, 9.17) is 14.6 Å². The van der Waals surface area contributed by atoms with Crippen LogP contribution in [0.15, 0.2) is 36.7 Å². The third kappa shape index (κ3) is 4.79. The standard InChI is InChI=1S/C7H8BrNO.C7H9NO2/c1-10-7-6(5-8)3-2-4-9-7;1-10-7-6(5-9)3-2-4-8-7/h2-4H,5H2,1H3;2-4,9H,5H2,1H3. The van der Waals surface area contributed by atoms with Crippen molar-refractivity contribution in [2.45, 2.75) is 11.9 Å². The normalized spacial score (nSPS) is 9.40. The molecule has 20 heavy (non-hydrogen) atoms. The van der Waals surface area contributed by atoms with Gasteiger partial charge in [0, 0.05) is 28.9 Å². The summed E-state index contributed by atoms with van der Waals surface area (Å²) in [6.45, 7) is -0.0307. The van der Waals surface area contributed by atoms with Gasteiger partial charge in [0.2, 0.25) is 11.8 Å². The van der Waals surface area contributed by atoms with Crippen molar-refractivity contribution in [2.75, 3.05) is 14.2 Å². The molecule has 2 aromatic rings. The molecule has 0 fully saturated rings. The molecule has 0 spiro atoms. The van der Waals surface area contributed by atoms with E-state index in [2.05, 4.69) is 25.9 Å². The summed E-state index contributed by atoms with van der Waals surface area (Å²) >= 11 is 3.33. The summed E-state index contributed by atoms with van der Waals surface area (Å²) in [4.78, 5) is 7.90. The Kier molecular flexibility index (Phi) is 7.60. The zero-order chi connectivity index (χ0) is 14.8. The van der Waals surface area contributed by atoms with Gasteiger partial charge in [-0.05, 0) is 18.2 Å². The number of aliphatic hydroxyl groups excluding tert-OH is 1. The second kappa shape index (κ2) is 9.28. The molecule has 0 atom stereocenters. The Balaban J connectivity index is 0.000000200. The maximum atomic E-state index is 8.73. The van der Waals surface area contributed by atoms with E-state index in [9.17, 15) is 0 Å². The van der Waals surface area contributed by atoms with Crippen molar-refractivity contribution >= 4 is 15.9 Å². The largest absolute Gasteiger partial charge is 0.481 e. The number of pyridine rings is 2. The Morgan fingerprint density at radius 1 is 1.00 bits per heavy atom. The third-order valence-electron chi connectivity index (χ3n) is 2.40. The Morgan fingerprint density at radius 2 is 1.50 bits per heavy atom. The van der Waals surface area contributed by atoms with Gasteiger partial charge < -0.3 is 14.6 Å². The van der Waals surface area contributed by atoms with Gasteiger partial charge in [-0.25, -0.2) is 9.97 Å². The lowest BCUT2D eigenvalue weighted by Crippen LogP contribution is -1.93. The zero-order valence-corrected chi connectivity index (χ0v) is 13.0. The molecule has 0 saturated heterocycles. The van der Waals surface area contributed by atoms with Crippen LogP contribution < -0.4 is 9.47 Å². The van der Waals surface area contributed by atoms with Gasteiger partial charge in [-0.3, -0.25) is 0 Å². The van der Waals surface area contributed by atoms with Gasteiger partial charge in [0.25, 0.3) is 0 Å². The summed E-state index contributed by atoms with van der Waals surface area (Å²) < 4.78 is 9.86. The predicted molar refractivity (Wildman–Crippen MR) is 80.1 cm³/mol. The lowest BCUT2D eigenvalue weighted by molar-refractivity contribution is 0.271. The van der Waals surface area contributed by atoms with Crippen molar-refractivity contribution in [3.8, 4) is 11.8 Å². The highest BCUT2D eigenvalue weighted by atomic mass is 79.9. The van der Waals surface area contributed by atoms with E-state index < -0.39 is 0 Å². The van der Waals surface area contributed by atoms with Crippen molar-refractivity contribution in [3.63, 3.8) is 0 Å². The van der Waals surface area contributed by atoms with Crippen LogP contribution in [0.5, 0.6) is 11.8 Å². The van der Waals surface area contributed by atoms with Crippen LogP contribution in [0.3, 0.4) is 0 Å². The van der Waals surface area contributed by atoms with Crippen LogP contribution in [-0.4, -0.2) is 29.3 Å². The van der Waals surface area contributed by atoms with Crippen LogP contribution in [0.1, 0.15) is 11.1 Å². The molecule has 5 nitrogen and oxygen atoms in total. The SMILES string of the molecule is COc1ncccc1CBr.COc1ncccc1CO. The molecule has 2 heterocycles. The number of ether oxygens (including phenoxy) is 2. The van der Waals surface area contributed by atoms with Crippen LogP contribution in [0.4, 0.5) is 0 Å². The molecular weight excluding hydrogens is 324 g/mol. The average Bonchev–Trinajstić information content (AvgIpc) is 2.55. The molecule has 0 aliphatic heterocycles. The van der Waals surface area contributed by atoms with E-state index in [0.29, 0.717) is 17.3 Å². The van der Waals surface area contributed by atoms with Crippen molar-refractivity contribution in [1.29, 1.82) is 0 Å². The molecule has 6 heteroatoms. The summed E-state index contributed by atoms with van der Waals surface area (Å²) in [7, 11) is 3.15. The highest BCUT2D eigenvalue weighted by Crippen LogP contribution is 2.15. The second-order valence-corrected chi connectivity index (χ2v) is 4.20. The molecule has 0 radical (unpaired) electrons. The number of aromatic nitrogens is 2. The number of hydrogen-bond donors (Lipinski definition) is 1. The summed E-state index contributed by atoms with van der Waals surface area (Å²) in [5, 5.41) is 9.51. The molecule has 0 aliphatic rings. The lowest BCUT2D eigenvalue weighted by Gasteiger charge is -2.01. The maximum absolute atomic E-state index is 8.73. The van der Waals surface area contributed by atoms with Crippen molar-refractivity contribution in [1.82, 2.24) is 9.97 Å². The molecule has 108 valence electrons. The van der Waals surface area contributed by atoms with E-state index in [1.807, 2.05) is 12.1 Å². The second-order valence-electron chi connectivity index (χ2n) is 3.64. The highest BCUT2D eigenvalue weighted by molar-refractivity contribution is 9.08. The number of alkyl halides is 1. The van der Waals surface area contributed by atoms with Crippen molar-refractivity contribution in [3.05, 3.63) is 47.8 Å². The minimum Gasteiger partial charge on any atom is -0.481 e. The number of halogens is 1. The Labute approximate surface area is 126 Å². The topological polar surface area (TPSA) is 64.5 Å². The molecule has 0 unspecified atom stereocenters. The van der Waals surface area contributed by atoms with E-state index in [0.717, 1.165) is 10.9 Å². The fraction of sp³-hybridized carbons (Fsp3) is 0.286. The number of hydrogen-bond acceptors (Lipinski definition) is 5. The van der Waals surface area contributed by atoms with E-state index in [1.165, 1.54) is 7.11 Å². The summed E-state index contributed by atoms with van der Waals surface area (Å²) in [5.74, 6) is 1.18. The summed E-state index contributed by atoms with van der Waals surface area (Å²) in [5.41, 5.74) is 1.79. The Hall–Kier alpha value is -1.66. The minimum atomic E-state index is -0.0307. The first-order valence-corrected chi connectivity index (χ1v) is 7.01. The Bertz CT molecular complexity index is 430. The number of nitrogens with zero attached hydrogens (tertiary/aromatic N) is 2. The molecule has 0 amide bonds. The summed E-state index contributed by atoms with van der Waals surface area (Å²) in [6, 6.07) is 7.39. The van der Waals surface area contributed by atoms with Gasteiger partial charge >= 0.3 is 0 Å². The Morgan fingerprint density at radius 3 is 1.85 bits per heavy atom. The average molecular weight is 341 g/mol. The molecule has 2 aromatic heterocycles. The van der Waals surface area contributed by atoms with Crippen molar-refractivity contribution < 1.29 is 14.6 Å². The molecular formula is C14H17BrN2O3. The van der Waals surface area contributed by atoms with Gasteiger partial charge in [0.1, 0.15) is 0 Å². The molecule has 1 N–H and O–H groups in total. The van der Waals surface area contributed by atoms with E-state index >= 15 is 0 Å². The fourth-order valence-corrected chi connectivity index (χ4v) is 1.86. The van der Waals surface area contributed by atoms with E-state index in [-0.39, 0.29) is 6.61 Å². The summed E-state index contributed by atoms with van der Waals surface area (Å²) in [6.07, 6.45) is 3.34. The van der Waals surface area contributed by atoms with Crippen LogP contribution >= 0.6 is 15.9 Å². The molecule has 0 aliphatic carbocycles. The lowest BCUT2D eigenvalue weighted by atomic mass is 10.3. The predicted octanol–water partition coefficient (Wildman–Crippen LogP) is 2.57. The van der Waals surface area contributed by atoms with Crippen LogP contribution in [0.25, 0.3) is 0 Å². The number of methoxy groups -OCH3 is 2. The maximum Gasteiger partial charge on any atom is 0.218 e. The fourth-order valence-electron chi connectivity index (χ4n) is 1.44. The van der Waals surface area contributed by atoms with Gasteiger partial charge in [-0.15, -0.1) is 0 Å². The van der Waals surface area contributed by atoms with Crippen molar-refractivity contribution in [2.24, 2.45) is 0 Å². The van der Waals surface area contributed by atoms with Crippen LogP contribution in [0, 0.1) is 0 Å². The molecule has 2 rings (SSSR count). The van der Waals surface area contributed by atoms with Gasteiger partial charge in [0.05, 0.1) is 20.8 Å². The monoisotopic (exact) mass is 340 g/mol. The molecule has 0 bridgehead atoms. The number of aliphatic hydroxyl groups is 1.